The van der Waals surface area contributed by atoms with Gasteiger partial charge in [-0.2, -0.15) is 0 Å². The lowest BCUT2D eigenvalue weighted by molar-refractivity contribution is 0.0777. The first-order chi connectivity index (χ1) is 10.8. The van der Waals surface area contributed by atoms with Crippen molar-refractivity contribution in [3.05, 3.63) is 42.5 Å². The molecule has 0 aromatic heterocycles. The highest BCUT2D eigenvalue weighted by Crippen LogP contribution is 2.28. The molecule has 2 amide bonds. The van der Waals surface area contributed by atoms with Crippen molar-refractivity contribution in [2.24, 2.45) is 5.92 Å². The normalized spacial score (nSPS) is 26.8. The summed E-state index contributed by atoms with van der Waals surface area (Å²) in [5, 5.41) is 8.41. The fraction of sp³-hybridized carbons (Fsp3) is 0.389. The van der Waals surface area contributed by atoms with Gasteiger partial charge in [-0.1, -0.05) is 36.4 Å². The lowest BCUT2D eigenvalue weighted by atomic mass is 9.84. The molecule has 3 aliphatic heterocycles. The van der Waals surface area contributed by atoms with E-state index in [1.54, 1.807) is 0 Å². The quantitative estimate of drug-likeness (QED) is 0.894. The molecule has 2 aromatic carbocycles. The zero-order valence-corrected chi connectivity index (χ0v) is 12.6. The number of nitrogens with zero attached hydrogens (tertiary/aromatic N) is 1. The molecule has 3 heterocycles. The van der Waals surface area contributed by atoms with Crippen LogP contribution in [0.4, 0.5) is 10.5 Å². The van der Waals surface area contributed by atoms with E-state index in [9.17, 15) is 4.79 Å². The van der Waals surface area contributed by atoms with Gasteiger partial charge in [0.05, 0.1) is 5.69 Å². The highest BCUT2D eigenvalue weighted by atomic mass is 16.2. The van der Waals surface area contributed by atoms with E-state index in [0.29, 0.717) is 5.92 Å². The summed E-state index contributed by atoms with van der Waals surface area (Å²) >= 11 is 0. The third-order valence-electron chi connectivity index (χ3n) is 5.01. The summed E-state index contributed by atoms with van der Waals surface area (Å²) in [6.45, 7) is 3.37. The second-order valence-corrected chi connectivity index (χ2v) is 6.37. The zero-order valence-electron chi connectivity index (χ0n) is 12.6. The molecule has 3 fully saturated rings. The van der Waals surface area contributed by atoms with Gasteiger partial charge >= 0.3 is 6.03 Å². The van der Waals surface area contributed by atoms with E-state index in [1.165, 1.54) is 25.9 Å². The molecule has 0 saturated carbocycles. The van der Waals surface area contributed by atoms with Gasteiger partial charge in [0, 0.05) is 18.0 Å². The second kappa shape index (κ2) is 5.61. The smallest absolute Gasteiger partial charge is 0.319 e. The van der Waals surface area contributed by atoms with Crippen LogP contribution >= 0.6 is 0 Å². The average molecular weight is 295 g/mol. The van der Waals surface area contributed by atoms with Gasteiger partial charge < -0.3 is 15.5 Å². The van der Waals surface area contributed by atoms with Crippen LogP contribution in [0.1, 0.15) is 12.8 Å². The van der Waals surface area contributed by atoms with E-state index in [1.807, 2.05) is 30.3 Å². The van der Waals surface area contributed by atoms with Crippen molar-refractivity contribution in [1.82, 2.24) is 10.2 Å². The lowest BCUT2D eigenvalue weighted by Gasteiger charge is -2.44. The summed E-state index contributed by atoms with van der Waals surface area (Å²) in [6.07, 6.45) is 2.42. The van der Waals surface area contributed by atoms with Crippen molar-refractivity contribution in [2.45, 2.75) is 18.9 Å². The first-order valence-electron chi connectivity index (χ1n) is 8.07. The number of amides is 2. The SMILES string of the molecule is O=C(Nc1cccc2ccccc12)N[C@H]1CN2CCC1CC2. The monoisotopic (exact) mass is 295 g/mol. The van der Waals surface area contributed by atoms with Crippen LogP contribution in [-0.2, 0) is 0 Å². The third kappa shape index (κ3) is 2.55. The number of anilines is 1. The van der Waals surface area contributed by atoms with Gasteiger partial charge in [0.2, 0.25) is 0 Å². The van der Waals surface area contributed by atoms with E-state index in [0.717, 1.165) is 23.0 Å². The van der Waals surface area contributed by atoms with E-state index < -0.39 is 0 Å². The molecule has 5 rings (SSSR count). The standard InChI is InChI=1S/C18H21N3O/c22-18(20-17-12-21-10-8-14(17)9-11-21)19-16-7-3-5-13-4-1-2-6-15(13)16/h1-7,14,17H,8-12H2,(H2,19,20,22)/t17-/m0/s1. The van der Waals surface area contributed by atoms with E-state index in [2.05, 4.69) is 27.7 Å². The van der Waals surface area contributed by atoms with Crippen LogP contribution in [0, 0.1) is 5.92 Å². The van der Waals surface area contributed by atoms with Crippen LogP contribution in [0.25, 0.3) is 10.8 Å². The molecule has 114 valence electrons. The van der Waals surface area contributed by atoms with Gasteiger partial charge in [0.15, 0.2) is 0 Å². The highest BCUT2D eigenvalue weighted by Gasteiger charge is 2.34. The van der Waals surface area contributed by atoms with Gasteiger partial charge in [-0.05, 0) is 43.3 Å². The molecule has 4 heteroatoms. The molecule has 2 bridgehead atoms. The minimum atomic E-state index is -0.0879. The van der Waals surface area contributed by atoms with Crippen LogP contribution in [0.15, 0.2) is 42.5 Å². The first-order valence-corrected chi connectivity index (χ1v) is 8.07. The van der Waals surface area contributed by atoms with Crippen LogP contribution in [0.3, 0.4) is 0 Å². The molecule has 0 spiro atoms. The molecular weight excluding hydrogens is 274 g/mol. The van der Waals surface area contributed by atoms with Crippen LogP contribution in [0.2, 0.25) is 0 Å². The number of urea groups is 1. The van der Waals surface area contributed by atoms with Crippen molar-refractivity contribution in [3.8, 4) is 0 Å². The minimum absolute atomic E-state index is 0.0879. The molecule has 0 aliphatic carbocycles. The predicted molar refractivity (Wildman–Crippen MR) is 89.1 cm³/mol. The number of piperidine rings is 3. The zero-order chi connectivity index (χ0) is 14.9. The maximum atomic E-state index is 12.4. The maximum absolute atomic E-state index is 12.4. The van der Waals surface area contributed by atoms with Gasteiger partial charge in [-0.3, -0.25) is 0 Å². The van der Waals surface area contributed by atoms with Crippen LogP contribution in [0.5, 0.6) is 0 Å². The Kier molecular flexibility index (Phi) is 3.47. The summed E-state index contributed by atoms with van der Waals surface area (Å²) in [4.78, 5) is 14.8. The topological polar surface area (TPSA) is 44.4 Å². The van der Waals surface area contributed by atoms with Crippen LogP contribution in [-0.4, -0.2) is 36.6 Å². The molecular formula is C18H21N3O. The van der Waals surface area contributed by atoms with Gasteiger partial charge in [0.25, 0.3) is 0 Å². The number of hydrogen-bond donors (Lipinski definition) is 2. The summed E-state index contributed by atoms with van der Waals surface area (Å²) in [5.41, 5.74) is 0.872. The second-order valence-electron chi connectivity index (χ2n) is 6.37. The Morgan fingerprint density at radius 2 is 1.82 bits per heavy atom. The summed E-state index contributed by atoms with van der Waals surface area (Å²) in [6, 6.07) is 14.3. The largest absolute Gasteiger partial charge is 0.334 e. The van der Waals surface area contributed by atoms with Gasteiger partial charge in [-0.15, -0.1) is 0 Å². The molecule has 0 radical (unpaired) electrons. The van der Waals surface area contributed by atoms with Crippen molar-refractivity contribution >= 4 is 22.5 Å². The molecule has 2 aromatic rings. The van der Waals surface area contributed by atoms with Crippen molar-refractivity contribution in [3.63, 3.8) is 0 Å². The molecule has 4 nitrogen and oxygen atoms in total. The highest BCUT2D eigenvalue weighted by molar-refractivity contribution is 6.01. The summed E-state index contributed by atoms with van der Waals surface area (Å²) in [5.74, 6) is 0.642. The number of benzene rings is 2. The van der Waals surface area contributed by atoms with E-state index in [-0.39, 0.29) is 12.1 Å². The van der Waals surface area contributed by atoms with Gasteiger partial charge in [0.1, 0.15) is 0 Å². The Morgan fingerprint density at radius 1 is 1.05 bits per heavy atom. The van der Waals surface area contributed by atoms with E-state index in [4.69, 9.17) is 0 Å². The third-order valence-corrected chi connectivity index (χ3v) is 5.01. The van der Waals surface area contributed by atoms with Gasteiger partial charge in [-0.25, -0.2) is 4.79 Å². The molecule has 0 unspecified atom stereocenters. The number of hydrogen-bond acceptors (Lipinski definition) is 2. The Hall–Kier alpha value is -2.07. The molecule has 22 heavy (non-hydrogen) atoms. The summed E-state index contributed by atoms with van der Waals surface area (Å²) in [7, 11) is 0. The summed E-state index contributed by atoms with van der Waals surface area (Å²) < 4.78 is 0. The van der Waals surface area contributed by atoms with Crippen molar-refractivity contribution < 1.29 is 4.79 Å². The number of fused-ring (bicyclic) bond motifs is 4. The van der Waals surface area contributed by atoms with Crippen molar-refractivity contribution in [1.29, 1.82) is 0 Å². The minimum Gasteiger partial charge on any atom is -0.334 e. The van der Waals surface area contributed by atoms with Crippen molar-refractivity contribution in [2.75, 3.05) is 25.0 Å². The maximum Gasteiger partial charge on any atom is 0.319 e. The molecule has 2 N–H and O–H groups in total. The first kappa shape index (κ1) is 13.6. The number of nitrogens with one attached hydrogen (secondary N) is 2. The number of carbonyl (C=O) groups excluding carboxylic acids is 1. The Morgan fingerprint density at radius 3 is 2.59 bits per heavy atom. The average Bonchev–Trinajstić information content (AvgIpc) is 2.56. The Balaban J connectivity index is 1.47. The fourth-order valence-corrected chi connectivity index (χ4v) is 3.79. The number of rotatable bonds is 2. The number of carbonyl (C=O) groups is 1. The fourth-order valence-electron chi connectivity index (χ4n) is 3.79. The Labute approximate surface area is 130 Å². The predicted octanol–water partition coefficient (Wildman–Crippen LogP) is 3.06. The molecule has 1 atom stereocenters. The Bertz CT molecular complexity index is 686. The molecule has 3 saturated heterocycles. The van der Waals surface area contributed by atoms with E-state index >= 15 is 0 Å². The molecule has 3 aliphatic rings. The van der Waals surface area contributed by atoms with Crippen LogP contribution < -0.4 is 10.6 Å². The lowest BCUT2D eigenvalue weighted by Crippen LogP contribution is -2.57.